The maximum absolute atomic E-state index is 12.8. The number of amides is 1. The van der Waals surface area contributed by atoms with Gasteiger partial charge in [-0.3, -0.25) is 9.48 Å². The van der Waals surface area contributed by atoms with Crippen molar-refractivity contribution in [2.24, 2.45) is 0 Å². The fourth-order valence-electron chi connectivity index (χ4n) is 3.04. The highest BCUT2D eigenvalue weighted by molar-refractivity contribution is 6.31. The number of nitrogens with zero attached hydrogens (tertiary/aromatic N) is 3. The molecule has 3 rings (SSSR count). The number of aromatic nitrogens is 2. The van der Waals surface area contributed by atoms with E-state index in [-0.39, 0.29) is 18.3 Å². The van der Waals surface area contributed by atoms with Crippen LogP contribution in [0.5, 0.6) is 0 Å². The lowest BCUT2D eigenvalue weighted by molar-refractivity contribution is 0.0745. The van der Waals surface area contributed by atoms with Gasteiger partial charge >= 0.3 is 0 Å². The van der Waals surface area contributed by atoms with Crippen LogP contribution in [0.25, 0.3) is 0 Å². The molecule has 2 aromatic rings. The van der Waals surface area contributed by atoms with Gasteiger partial charge in [0.15, 0.2) is 0 Å². The van der Waals surface area contributed by atoms with Crippen LogP contribution in [0.4, 0.5) is 0 Å². The van der Waals surface area contributed by atoms with Crippen LogP contribution in [0.2, 0.25) is 5.02 Å². The van der Waals surface area contributed by atoms with Crippen LogP contribution in [0.15, 0.2) is 36.5 Å². The second-order valence-corrected chi connectivity index (χ2v) is 6.50. The number of hydrogen-bond acceptors (Lipinski definition) is 3. The molecule has 2 heterocycles. The first kappa shape index (κ1) is 19.8. The van der Waals surface area contributed by atoms with Gasteiger partial charge in [0.1, 0.15) is 5.69 Å². The summed E-state index contributed by atoms with van der Waals surface area (Å²) in [6.45, 7) is 5.04. The van der Waals surface area contributed by atoms with E-state index in [9.17, 15) is 4.79 Å². The van der Waals surface area contributed by atoms with Crippen LogP contribution < -0.4 is 5.32 Å². The zero-order valence-electron chi connectivity index (χ0n) is 14.3. The summed E-state index contributed by atoms with van der Waals surface area (Å²) in [6.07, 6.45) is 4.15. The first-order chi connectivity index (χ1) is 11.7. The van der Waals surface area contributed by atoms with Gasteiger partial charge in [-0.1, -0.05) is 29.8 Å². The molecule has 1 aliphatic rings. The fourth-order valence-corrected chi connectivity index (χ4v) is 3.23. The molecule has 5 nitrogen and oxygen atoms in total. The van der Waals surface area contributed by atoms with E-state index < -0.39 is 0 Å². The number of piperidine rings is 1. The van der Waals surface area contributed by atoms with Gasteiger partial charge in [-0.05, 0) is 44.0 Å². The highest BCUT2D eigenvalue weighted by Gasteiger charge is 2.21. The predicted octanol–water partition coefficient (Wildman–Crippen LogP) is 3.55. The first-order valence-corrected chi connectivity index (χ1v) is 8.85. The van der Waals surface area contributed by atoms with Gasteiger partial charge in [-0.15, -0.1) is 12.4 Å². The molecule has 136 valence electrons. The van der Waals surface area contributed by atoms with E-state index in [0.717, 1.165) is 31.5 Å². The Morgan fingerprint density at radius 2 is 2.20 bits per heavy atom. The van der Waals surface area contributed by atoms with E-state index in [0.29, 0.717) is 29.8 Å². The largest absolute Gasteiger partial charge is 0.333 e. The van der Waals surface area contributed by atoms with Crippen molar-refractivity contribution in [3.8, 4) is 0 Å². The molecule has 7 heteroatoms. The second-order valence-electron chi connectivity index (χ2n) is 6.09. The van der Waals surface area contributed by atoms with Crippen LogP contribution >= 0.6 is 24.0 Å². The Hall–Kier alpha value is -1.56. The number of hydrogen-bond donors (Lipinski definition) is 1. The summed E-state index contributed by atoms with van der Waals surface area (Å²) >= 11 is 6.22. The summed E-state index contributed by atoms with van der Waals surface area (Å²) in [5.74, 6) is -0.0556. The van der Waals surface area contributed by atoms with Gasteiger partial charge in [0, 0.05) is 30.9 Å². The lowest BCUT2D eigenvalue weighted by atomic mass is 10.1. The third-order valence-corrected chi connectivity index (χ3v) is 4.83. The highest BCUT2D eigenvalue weighted by atomic mass is 35.5. The molecule has 0 spiro atoms. The Bertz CT molecular complexity index is 698. The van der Waals surface area contributed by atoms with Crippen LogP contribution in [-0.2, 0) is 6.54 Å². The Morgan fingerprint density at radius 3 is 2.88 bits per heavy atom. The molecule has 1 atom stereocenters. The van der Waals surface area contributed by atoms with Gasteiger partial charge in [-0.25, -0.2) is 0 Å². The molecule has 1 fully saturated rings. The van der Waals surface area contributed by atoms with Crippen LogP contribution in [-0.4, -0.2) is 40.2 Å². The summed E-state index contributed by atoms with van der Waals surface area (Å²) in [5.41, 5.74) is 1.44. The first-order valence-electron chi connectivity index (χ1n) is 8.47. The number of nitrogens with one attached hydrogen (secondary N) is 1. The monoisotopic (exact) mass is 382 g/mol. The van der Waals surface area contributed by atoms with Crippen molar-refractivity contribution in [1.82, 2.24) is 20.0 Å². The number of carbonyl (C=O) groups is 1. The summed E-state index contributed by atoms with van der Waals surface area (Å²) in [5, 5.41) is 8.58. The quantitative estimate of drug-likeness (QED) is 0.859. The molecule has 1 aromatic heterocycles. The molecular formula is C18H24Cl2N4O. The average molecular weight is 383 g/mol. The summed E-state index contributed by atoms with van der Waals surface area (Å²) in [7, 11) is 0. The van der Waals surface area contributed by atoms with Crippen LogP contribution in [0.3, 0.4) is 0 Å². The van der Waals surface area contributed by atoms with Gasteiger partial charge < -0.3 is 10.2 Å². The second kappa shape index (κ2) is 9.22. The van der Waals surface area contributed by atoms with Crippen molar-refractivity contribution in [1.29, 1.82) is 0 Å². The van der Waals surface area contributed by atoms with Gasteiger partial charge in [-0.2, -0.15) is 5.10 Å². The van der Waals surface area contributed by atoms with Gasteiger partial charge in [0.05, 0.1) is 6.04 Å². The maximum atomic E-state index is 12.8. The third kappa shape index (κ3) is 4.75. The van der Waals surface area contributed by atoms with Crippen molar-refractivity contribution in [2.75, 3.05) is 19.6 Å². The molecule has 1 aromatic carbocycles. The van der Waals surface area contributed by atoms with E-state index >= 15 is 0 Å². The van der Waals surface area contributed by atoms with E-state index in [2.05, 4.69) is 10.4 Å². The molecule has 1 aliphatic heterocycles. The van der Waals surface area contributed by atoms with E-state index in [4.69, 9.17) is 11.6 Å². The number of carbonyl (C=O) groups excluding carboxylic acids is 1. The number of halogens is 2. The molecule has 0 saturated carbocycles. The van der Waals surface area contributed by atoms with Crippen molar-refractivity contribution in [3.05, 3.63) is 52.8 Å². The van der Waals surface area contributed by atoms with Crippen LogP contribution in [0.1, 0.15) is 41.9 Å². The standard InChI is InChI=1S/C18H23ClN4O.ClH/c1-2-22(13-14-6-3-4-8-16(14)19)18(24)17-9-11-23(21-17)15-7-5-10-20-12-15;/h3-4,6,8-9,11,15,20H,2,5,7,10,12-13H2,1H3;1H. The summed E-state index contributed by atoms with van der Waals surface area (Å²) < 4.78 is 1.92. The molecule has 1 saturated heterocycles. The van der Waals surface area contributed by atoms with Crippen molar-refractivity contribution < 1.29 is 4.79 Å². The zero-order valence-corrected chi connectivity index (χ0v) is 15.9. The molecule has 0 bridgehead atoms. The molecule has 0 radical (unpaired) electrons. The summed E-state index contributed by atoms with van der Waals surface area (Å²) in [6, 6.07) is 9.77. The Kier molecular flexibility index (Phi) is 7.29. The molecular weight excluding hydrogens is 359 g/mol. The van der Waals surface area contributed by atoms with Crippen molar-refractivity contribution in [2.45, 2.75) is 32.4 Å². The van der Waals surface area contributed by atoms with E-state index in [1.807, 2.05) is 48.1 Å². The van der Waals surface area contributed by atoms with Gasteiger partial charge in [0.2, 0.25) is 0 Å². The minimum Gasteiger partial charge on any atom is -0.333 e. The van der Waals surface area contributed by atoms with Gasteiger partial charge in [0.25, 0.3) is 5.91 Å². The zero-order chi connectivity index (χ0) is 16.9. The highest BCUT2D eigenvalue weighted by Crippen LogP contribution is 2.19. The normalized spacial score (nSPS) is 17.0. The fraction of sp³-hybridized carbons (Fsp3) is 0.444. The van der Waals surface area contributed by atoms with Crippen LogP contribution in [0, 0.1) is 0 Å². The molecule has 1 N–H and O–H groups in total. The Labute approximate surface area is 159 Å². The average Bonchev–Trinajstić information content (AvgIpc) is 3.11. The molecule has 1 amide bonds. The predicted molar refractivity (Wildman–Crippen MR) is 102 cm³/mol. The SMILES string of the molecule is CCN(Cc1ccccc1Cl)C(=O)c1ccn(C2CCCNC2)n1.Cl. The third-order valence-electron chi connectivity index (χ3n) is 4.46. The minimum absolute atomic E-state index is 0. The lowest BCUT2D eigenvalue weighted by Crippen LogP contribution is -2.33. The Balaban J connectivity index is 0.00000225. The maximum Gasteiger partial charge on any atom is 0.274 e. The number of benzene rings is 1. The lowest BCUT2D eigenvalue weighted by Gasteiger charge is -2.23. The molecule has 0 aliphatic carbocycles. The molecule has 1 unspecified atom stereocenters. The van der Waals surface area contributed by atoms with E-state index in [1.165, 1.54) is 0 Å². The van der Waals surface area contributed by atoms with E-state index in [1.54, 1.807) is 4.90 Å². The van der Waals surface area contributed by atoms with Crippen molar-refractivity contribution >= 4 is 29.9 Å². The number of rotatable bonds is 5. The smallest absolute Gasteiger partial charge is 0.274 e. The summed E-state index contributed by atoms with van der Waals surface area (Å²) in [4.78, 5) is 14.5. The van der Waals surface area contributed by atoms with Crippen molar-refractivity contribution in [3.63, 3.8) is 0 Å². The topological polar surface area (TPSA) is 50.2 Å². The molecule has 25 heavy (non-hydrogen) atoms. The minimum atomic E-state index is -0.0556. The Morgan fingerprint density at radius 1 is 1.40 bits per heavy atom.